The van der Waals surface area contributed by atoms with Crippen LogP contribution in [0.25, 0.3) is 0 Å². The number of aromatic nitrogens is 2. The lowest BCUT2D eigenvalue weighted by molar-refractivity contribution is 0.592. The van der Waals surface area contributed by atoms with E-state index in [1.807, 2.05) is 19.3 Å². The van der Waals surface area contributed by atoms with Crippen LogP contribution in [0.15, 0.2) is 42.7 Å². The molecule has 2 nitrogen and oxygen atoms in total. The summed E-state index contributed by atoms with van der Waals surface area (Å²) >= 11 is 3.59. The molecule has 1 aromatic carbocycles. The lowest BCUT2D eigenvalue weighted by Crippen LogP contribution is -2.11. The van der Waals surface area contributed by atoms with Crippen molar-refractivity contribution in [3.05, 3.63) is 54.1 Å². The van der Waals surface area contributed by atoms with Crippen molar-refractivity contribution in [2.75, 3.05) is 5.33 Å². The van der Waals surface area contributed by atoms with Crippen LogP contribution in [0.5, 0.6) is 0 Å². The van der Waals surface area contributed by atoms with Gasteiger partial charge < -0.3 is 4.57 Å². The largest absolute Gasteiger partial charge is 0.335 e. The molecule has 2 rings (SSSR count). The molecule has 3 heteroatoms. The number of halogens is 1. The van der Waals surface area contributed by atoms with Crippen LogP contribution in [0.1, 0.15) is 17.3 Å². The predicted octanol–water partition coefficient (Wildman–Crippen LogP) is 3.37. The molecule has 0 saturated heterocycles. The molecule has 0 spiro atoms. The first-order chi connectivity index (χ1) is 7.81. The zero-order valence-corrected chi connectivity index (χ0v) is 10.9. The third-order valence-corrected chi connectivity index (χ3v) is 3.58. The third-order valence-electron chi connectivity index (χ3n) is 2.80. The topological polar surface area (TPSA) is 17.8 Å². The van der Waals surface area contributed by atoms with Crippen molar-refractivity contribution in [2.45, 2.75) is 19.4 Å². The Kier molecular flexibility index (Phi) is 3.78. The molecule has 1 atom stereocenters. The quantitative estimate of drug-likeness (QED) is 0.785. The highest BCUT2D eigenvalue weighted by Crippen LogP contribution is 2.20. The summed E-state index contributed by atoms with van der Waals surface area (Å²) in [6, 6.07) is 10.6. The molecule has 0 radical (unpaired) electrons. The van der Waals surface area contributed by atoms with Crippen molar-refractivity contribution in [3.63, 3.8) is 0 Å². The Morgan fingerprint density at radius 2 is 2.06 bits per heavy atom. The van der Waals surface area contributed by atoms with Crippen LogP contribution in [0.4, 0.5) is 0 Å². The Labute approximate surface area is 104 Å². The smallest absolute Gasteiger partial charge is 0.105 e. The highest BCUT2D eigenvalue weighted by atomic mass is 79.9. The molecule has 0 N–H and O–H groups in total. The molecule has 0 amide bonds. The summed E-state index contributed by atoms with van der Waals surface area (Å²) in [6.45, 7) is 3.01. The van der Waals surface area contributed by atoms with E-state index in [4.69, 9.17) is 0 Å². The summed E-state index contributed by atoms with van der Waals surface area (Å²) in [4.78, 5) is 4.25. The van der Waals surface area contributed by atoms with E-state index in [0.717, 1.165) is 17.7 Å². The van der Waals surface area contributed by atoms with Gasteiger partial charge in [-0.15, -0.1) is 0 Å². The first-order valence-corrected chi connectivity index (χ1v) is 6.52. The molecule has 1 aromatic heterocycles. The van der Waals surface area contributed by atoms with Gasteiger partial charge in [0.05, 0.1) is 0 Å². The molecule has 1 heterocycles. The Hall–Kier alpha value is -1.09. The molecule has 1 unspecified atom stereocenters. The van der Waals surface area contributed by atoms with E-state index >= 15 is 0 Å². The summed E-state index contributed by atoms with van der Waals surface area (Å²) in [6.07, 6.45) is 3.89. The maximum Gasteiger partial charge on any atom is 0.105 e. The van der Waals surface area contributed by atoms with E-state index in [-0.39, 0.29) is 0 Å². The number of hydrogen-bond donors (Lipinski definition) is 0. The van der Waals surface area contributed by atoms with Crippen molar-refractivity contribution in [2.24, 2.45) is 0 Å². The standard InChI is InChI=1S/C13H15BrN2/c1-11-15-7-8-16(11)10-13(9-14)12-5-3-2-4-6-12/h2-8,13H,9-10H2,1H3. The van der Waals surface area contributed by atoms with E-state index in [1.165, 1.54) is 5.56 Å². The molecule has 0 fully saturated rings. The summed E-state index contributed by atoms with van der Waals surface area (Å²) in [7, 11) is 0. The van der Waals surface area contributed by atoms with Gasteiger partial charge in [-0.2, -0.15) is 0 Å². The van der Waals surface area contributed by atoms with E-state index in [0.29, 0.717) is 5.92 Å². The fourth-order valence-corrected chi connectivity index (χ4v) is 2.38. The van der Waals surface area contributed by atoms with Gasteiger partial charge in [0, 0.05) is 30.2 Å². The highest BCUT2D eigenvalue weighted by Gasteiger charge is 2.11. The summed E-state index contributed by atoms with van der Waals surface area (Å²) in [5.74, 6) is 1.57. The minimum atomic E-state index is 0.495. The van der Waals surface area contributed by atoms with Gasteiger partial charge in [0.2, 0.25) is 0 Å². The zero-order chi connectivity index (χ0) is 11.4. The van der Waals surface area contributed by atoms with E-state index in [9.17, 15) is 0 Å². The van der Waals surface area contributed by atoms with Gasteiger partial charge >= 0.3 is 0 Å². The molecule has 0 aliphatic carbocycles. The Bertz CT molecular complexity index is 436. The molecule has 84 valence electrons. The number of alkyl halides is 1. The van der Waals surface area contributed by atoms with E-state index in [2.05, 4.69) is 55.8 Å². The van der Waals surface area contributed by atoms with Crippen LogP contribution in [-0.4, -0.2) is 14.9 Å². The minimum absolute atomic E-state index is 0.495. The molecule has 0 aliphatic heterocycles. The number of rotatable bonds is 4. The highest BCUT2D eigenvalue weighted by molar-refractivity contribution is 9.09. The number of aryl methyl sites for hydroxylation is 1. The van der Waals surface area contributed by atoms with Gasteiger partial charge in [-0.25, -0.2) is 4.98 Å². The fourth-order valence-electron chi connectivity index (χ4n) is 1.80. The van der Waals surface area contributed by atoms with Gasteiger partial charge in [0.25, 0.3) is 0 Å². The van der Waals surface area contributed by atoms with Crippen molar-refractivity contribution in [1.82, 2.24) is 9.55 Å². The van der Waals surface area contributed by atoms with Crippen molar-refractivity contribution < 1.29 is 0 Å². The summed E-state index contributed by atoms with van der Waals surface area (Å²) in [5.41, 5.74) is 1.37. The fraction of sp³-hybridized carbons (Fsp3) is 0.308. The lowest BCUT2D eigenvalue weighted by atomic mass is 10.0. The molecular weight excluding hydrogens is 264 g/mol. The Morgan fingerprint density at radius 3 is 2.62 bits per heavy atom. The lowest BCUT2D eigenvalue weighted by Gasteiger charge is -2.16. The Morgan fingerprint density at radius 1 is 1.31 bits per heavy atom. The predicted molar refractivity (Wildman–Crippen MR) is 69.9 cm³/mol. The van der Waals surface area contributed by atoms with Gasteiger partial charge in [0.15, 0.2) is 0 Å². The van der Waals surface area contributed by atoms with Gasteiger partial charge in [-0.05, 0) is 12.5 Å². The average Bonchev–Trinajstić information content (AvgIpc) is 2.73. The molecule has 2 aromatic rings. The molecule has 0 aliphatic rings. The van der Waals surface area contributed by atoms with Crippen LogP contribution in [0.2, 0.25) is 0 Å². The van der Waals surface area contributed by atoms with Crippen LogP contribution in [0, 0.1) is 6.92 Å². The average molecular weight is 279 g/mol. The van der Waals surface area contributed by atoms with Gasteiger partial charge in [-0.1, -0.05) is 46.3 Å². The molecule has 0 bridgehead atoms. The second-order valence-corrected chi connectivity index (χ2v) is 4.54. The van der Waals surface area contributed by atoms with E-state index in [1.54, 1.807) is 0 Å². The summed E-state index contributed by atoms with van der Waals surface area (Å²) in [5, 5.41) is 0.967. The number of nitrogens with zero attached hydrogens (tertiary/aromatic N) is 2. The first-order valence-electron chi connectivity index (χ1n) is 5.40. The summed E-state index contributed by atoms with van der Waals surface area (Å²) < 4.78 is 2.19. The maximum atomic E-state index is 4.25. The van der Waals surface area contributed by atoms with Gasteiger partial charge in [-0.3, -0.25) is 0 Å². The monoisotopic (exact) mass is 278 g/mol. The second-order valence-electron chi connectivity index (χ2n) is 3.89. The second kappa shape index (κ2) is 5.30. The van der Waals surface area contributed by atoms with Crippen molar-refractivity contribution in [1.29, 1.82) is 0 Å². The van der Waals surface area contributed by atoms with Crippen LogP contribution in [0.3, 0.4) is 0 Å². The van der Waals surface area contributed by atoms with Crippen LogP contribution >= 0.6 is 15.9 Å². The SMILES string of the molecule is Cc1nccn1CC(CBr)c1ccccc1. The van der Waals surface area contributed by atoms with E-state index < -0.39 is 0 Å². The molecule has 0 saturated carbocycles. The molecule has 16 heavy (non-hydrogen) atoms. The molecular formula is C13H15BrN2. The van der Waals surface area contributed by atoms with Gasteiger partial charge in [0.1, 0.15) is 5.82 Å². The maximum absolute atomic E-state index is 4.25. The van der Waals surface area contributed by atoms with Crippen molar-refractivity contribution >= 4 is 15.9 Å². The number of benzene rings is 1. The number of imidazole rings is 1. The number of hydrogen-bond acceptors (Lipinski definition) is 1. The first kappa shape index (κ1) is 11.4. The Balaban J connectivity index is 2.16. The zero-order valence-electron chi connectivity index (χ0n) is 9.31. The minimum Gasteiger partial charge on any atom is -0.335 e. The van der Waals surface area contributed by atoms with Crippen LogP contribution < -0.4 is 0 Å². The van der Waals surface area contributed by atoms with Crippen molar-refractivity contribution in [3.8, 4) is 0 Å². The third kappa shape index (κ3) is 2.53. The van der Waals surface area contributed by atoms with Crippen LogP contribution in [-0.2, 0) is 6.54 Å². The normalized spacial score (nSPS) is 12.6.